The molecule has 0 atom stereocenters. The highest BCUT2D eigenvalue weighted by atomic mass is 16.3. The minimum absolute atomic E-state index is 0.0599. The van der Waals surface area contributed by atoms with Gasteiger partial charge in [0.15, 0.2) is 0 Å². The fourth-order valence-electron chi connectivity index (χ4n) is 0.960. The van der Waals surface area contributed by atoms with Crippen molar-refractivity contribution >= 4 is 5.91 Å². The Balaban J connectivity index is 4.36. The molecule has 0 radical (unpaired) electrons. The Bertz CT molecular complexity index is 185. The normalized spacial score (nSPS) is 11.1. The van der Waals surface area contributed by atoms with Gasteiger partial charge in [0.2, 0.25) is 5.91 Å². The highest BCUT2D eigenvalue weighted by Gasteiger charge is 2.26. The van der Waals surface area contributed by atoms with Crippen molar-refractivity contribution in [3.63, 3.8) is 0 Å². The molecule has 0 aliphatic heterocycles. The fourth-order valence-corrected chi connectivity index (χ4v) is 0.960. The van der Waals surface area contributed by atoms with Crippen LogP contribution in [0.1, 0.15) is 13.8 Å². The summed E-state index contributed by atoms with van der Waals surface area (Å²) in [6.07, 6.45) is 1.61. The SMILES string of the molecule is C=CCN(CCO)C(=O)C(C)(C)N. The standard InChI is InChI=1S/C9H18N2O2/c1-4-5-11(6-7-12)8(13)9(2,3)10/h4,12H,1,5-7,10H2,2-3H3. The first kappa shape index (κ1) is 12.1. The summed E-state index contributed by atoms with van der Waals surface area (Å²) in [4.78, 5) is 13.1. The van der Waals surface area contributed by atoms with Crippen LogP contribution in [0.5, 0.6) is 0 Å². The number of aliphatic hydroxyl groups is 1. The summed E-state index contributed by atoms with van der Waals surface area (Å²) in [5.41, 5.74) is 4.74. The van der Waals surface area contributed by atoms with E-state index in [-0.39, 0.29) is 12.5 Å². The van der Waals surface area contributed by atoms with E-state index in [0.29, 0.717) is 13.1 Å². The lowest BCUT2D eigenvalue weighted by molar-refractivity contribution is -0.135. The third-order valence-corrected chi connectivity index (χ3v) is 1.56. The number of hydrogen-bond donors (Lipinski definition) is 2. The first-order valence-electron chi connectivity index (χ1n) is 4.23. The van der Waals surface area contributed by atoms with Crippen LogP contribution in [0.3, 0.4) is 0 Å². The average Bonchev–Trinajstić information content (AvgIpc) is 2.01. The fraction of sp³-hybridized carbons (Fsp3) is 0.667. The van der Waals surface area contributed by atoms with E-state index in [1.165, 1.54) is 4.90 Å². The van der Waals surface area contributed by atoms with Crippen LogP contribution in [-0.2, 0) is 4.79 Å². The molecule has 0 rings (SSSR count). The smallest absolute Gasteiger partial charge is 0.242 e. The second-order valence-electron chi connectivity index (χ2n) is 3.49. The number of carbonyl (C=O) groups excluding carboxylic acids is 1. The zero-order valence-corrected chi connectivity index (χ0v) is 8.29. The maximum atomic E-state index is 11.6. The van der Waals surface area contributed by atoms with Crippen molar-refractivity contribution in [2.45, 2.75) is 19.4 Å². The maximum absolute atomic E-state index is 11.6. The van der Waals surface area contributed by atoms with Crippen LogP contribution in [0.15, 0.2) is 12.7 Å². The van der Waals surface area contributed by atoms with Gasteiger partial charge in [-0.1, -0.05) is 6.08 Å². The van der Waals surface area contributed by atoms with Crippen molar-refractivity contribution in [2.75, 3.05) is 19.7 Å². The van der Waals surface area contributed by atoms with Crippen molar-refractivity contribution in [3.8, 4) is 0 Å². The first-order chi connectivity index (χ1) is 5.93. The number of amides is 1. The number of rotatable bonds is 5. The van der Waals surface area contributed by atoms with E-state index >= 15 is 0 Å². The summed E-state index contributed by atoms with van der Waals surface area (Å²) in [6, 6.07) is 0. The molecule has 1 amide bonds. The Labute approximate surface area is 79.0 Å². The summed E-state index contributed by atoms with van der Waals surface area (Å²) < 4.78 is 0. The first-order valence-corrected chi connectivity index (χ1v) is 4.23. The Morgan fingerprint density at radius 3 is 2.54 bits per heavy atom. The number of aliphatic hydroxyl groups excluding tert-OH is 1. The molecule has 0 aliphatic rings. The van der Waals surface area contributed by atoms with Gasteiger partial charge in [0.25, 0.3) is 0 Å². The van der Waals surface area contributed by atoms with Crippen LogP contribution in [0, 0.1) is 0 Å². The van der Waals surface area contributed by atoms with Gasteiger partial charge < -0.3 is 15.7 Å². The molecule has 0 bridgehead atoms. The molecule has 0 saturated carbocycles. The molecular weight excluding hydrogens is 168 g/mol. The maximum Gasteiger partial charge on any atom is 0.242 e. The summed E-state index contributed by atoms with van der Waals surface area (Å²) in [7, 11) is 0. The van der Waals surface area contributed by atoms with Gasteiger partial charge in [-0.05, 0) is 13.8 Å². The van der Waals surface area contributed by atoms with E-state index < -0.39 is 5.54 Å². The van der Waals surface area contributed by atoms with Crippen LogP contribution >= 0.6 is 0 Å². The lowest BCUT2D eigenvalue weighted by Crippen LogP contribution is -2.51. The molecule has 0 unspecified atom stereocenters. The molecule has 0 aliphatic carbocycles. The minimum atomic E-state index is -0.891. The second kappa shape index (κ2) is 4.99. The van der Waals surface area contributed by atoms with Crippen molar-refractivity contribution < 1.29 is 9.90 Å². The van der Waals surface area contributed by atoms with Gasteiger partial charge in [-0.2, -0.15) is 0 Å². The van der Waals surface area contributed by atoms with Gasteiger partial charge in [-0.25, -0.2) is 0 Å². The van der Waals surface area contributed by atoms with Crippen LogP contribution < -0.4 is 5.73 Å². The van der Waals surface area contributed by atoms with Gasteiger partial charge in [-0.15, -0.1) is 6.58 Å². The predicted octanol–water partition coefficient (Wildman–Crippen LogP) is -0.269. The topological polar surface area (TPSA) is 66.6 Å². The lowest BCUT2D eigenvalue weighted by Gasteiger charge is -2.27. The predicted molar refractivity (Wildman–Crippen MR) is 52.1 cm³/mol. The molecule has 4 heteroatoms. The zero-order valence-electron chi connectivity index (χ0n) is 8.29. The van der Waals surface area contributed by atoms with Gasteiger partial charge in [0, 0.05) is 13.1 Å². The quantitative estimate of drug-likeness (QED) is 0.581. The van der Waals surface area contributed by atoms with Crippen molar-refractivity contribution in [1.29, 1.82) is 0 Å². The van der Waals surface area contributed by atoms with Gasteiger partial charge in [0.05, 0.1) is 12.1 Å². The third kappa shape index (κ3) is 4.05. The van der Waals surface area contributed by atoms with Crippen LogP contribution in [-0.4, -0.2) is 41.1 Å². The molecule has 76 valence electrons. The van der Waals surface area contributed by atoms with Crippen LogP contribution in [0.4, 0.5) is 0 Å². The highest BCUT2D eigenvalue weighted by Crippen LogP contribution is 2.03. The number of carbonyl (C=O) groups is 1. The highest BCUT2D eigenvalue weighted by molar-refractivity contribution is 5.85. The minimum Gasteiger partial charge on any atom is -0.395 e. The Kier molecular flexibility index (Phi) is 4.66. The summed E-state index contributed by atoms with van der Waals surface area (Å²) in [5.74, 6) is -0.179. The van der Waals surface area contributed by atoms with E-state index in [9.17, 15) is 4.79 Å². The Morgan fingerprint density at radius 2 is 2.23 bits per heavy atom. The molecule has 4 nitrogen and oxygen atoms in total. The number of nitrogens with two attached hydrogens (primary N) is 1. The Morgan fingerprint density at radius 1 is 1.69 bits per heavy atom. The summed E-state index contributed by atoms with van der Waals surface area (Å²) in [5, 5.41) is 8.71. The molecule has 0 aromatic heterocycles. The molecule has 3 N–H and O–H groups in total. The average molecular weight is 186 g/mol. The third-order valence-electron chi connectivity index (χ3n) is 1.56. The molecular formula is C9H18N2O2. The Hall–Kier alpha value is -0.870. The van der Waals surface area contributed by atoms with E-state index in [1.54, 1.807) is 19.9 Å². The van der Waals surface area contributed by atoms with Crippen molar-refractivity contribution in [3.05, 3.63) is 12.7 Å². The van der Waals surface area contributed by atoms with Gasteiger partial charge >= 0.3 is 0 Å². The van der Waals surface area contributed by atoms with E-state index in [2.05, 4.69) is 6.58 Å². The summed E-state index contributed by atoms with van der Waals surface area (Å²) >= 11 is 0. The molecule has 0 aromatic carbocycles. The molecule has 13 heavy (non-hydrogen) atoms. The van der Waals surface area contributed by atoms with E-state index in [4.69, 9.17) is 10.8 Å². The molecule has 0 saturated heterocycles. The molecule has 0 spiro atoms. The van der Waals surface area contributed by atoms with Crippen molar-refractivity contribution in [2.24, 2.45) is 5.73 Å². The summed E-state index contributed by atoms with van der Waals surface area (Å²) in [6.45, 7) is 7.47. The van der Waals surface area contributed by atoms with E-state index in [1.807, 2.05) is 0 Å². The van der Waals surface area contributed by atoms with Gasteiger partial charge in [0.1, 0.15) is 0 Å². The molecule has 0 aromatic rings. The second-order valence-corrected chi connectivity index (χ2v) is 3.49. The van der Waals surface area contributed by atoms with E-state index in [0.717, 1.165) is 0 Å². The van der Waals surface area contributed by atoms with Crippen LogP contribution in [0.25, 0.3) is 0 Å². The monoisotopic (exact) mass is 186 g/mol. The largest absolute Gasteiger partial charge is 0.395 e. The van der Waals surface area contributed by atoms with Crippen LogP contribution in [0.2, 0.25) is 0 Å². The zero-order chi connectivity index (χ0) is 10.5. The lowest BCUT2D eigenvalue weighted by atomic mass is 10.1. The van der Waals surface area contributed by atoms with Gasteiger partial charge in [-0.3, -0.25) is 4.79 Å². The number of hydrogen-bond acceptors (Lipinski definition) is 3. The van der Waals surface area contributed by atoms with Crippen molar-refractivity contribution in [1.82, 2.24) is 4.90 Å². The molecule has 0 heterocycles. The number of nitrogens with zero attached hydrogens (tertiary/aromatic N) is 1. The molecule has 0 fully saturated rings.